The molecule has 2 heterocycles. The van der Waals surface area contributed by atoms with Gasteiger partial charge in [0.1, 0.15) is 5.65 Å². The highest BCUT2D eigenvalue weighted by molar-refractivity contribution is 5.88. The summed E-state index contributed by atoms with van der Waals surface area (Å²) in [5.41, 5.74) is 0.950. The lowest BCUT2D eigenvalue weighted by Crippen LogP contribution is -1.99. The van der Waals surface area contributed by atoms with Crippen LogP contribution in [0, 0.1) is 0 Å². The Kier molecular flexibility index (Phi) is 2.32. The highest BCUT2D eigenvalue weighted by atomic mass is 16.4. The molecule has 0 saturated carbocycles. The molecule has 2 N–H and O–H groups in total. The number of aromatic carboxylic acids is 1. The molecule has 0 unspecified atom stereocenters. The molecule has 6 heteroatoms. The maximum absolute atomic E-state index is 10.7. The van der Waals surface area contributed by atoms with Crippen molar-refractivity contribution in [2.45, 2.75) is 6.42 Å². The van der Waals surface area contributed by atoms with Crippen LogP contribution in [-0.2, 0) is 11.2 Å². The summed E-state index contributed by atoms with van der Waals surface area (Å²) in [6.07, 6.45) is 2.93. The fraction of sp³-hybridized carbons (Fsp3) is 0.100. The molecule has 0 saturated heterocycles. The Morgan fingerprint density at radius 1 is 1.38 bits per heavy atom. The molecule has 0 aliphatic carbocycles. The molecule has 0 aliphatic heterocycles. The third-order valence-corrected chi connectivity index (χ3v) is 2.09. The van der Waals surface area contributed by atoms with E-state index in [1.807, 2.05) is 0 Å². The number of carboxylic acid groups (broad SMARTS) is 2. The normalized spacial score (nSPS) is 10.5. The standard InChI is InChI=1S/C10H8N2O4/c13-9(14)4-7-5-12-2-1-6(10(15)16)3-8(12)11-7/h1-3,5H,4H2,(H,13,14)(H,15,16). The lowest BCUT2D eigenvalue weighted by atomic mass is 10.3. The number of fused-ring (bicyclic) bond motifs is 1. The molecule has 2 aromatic heterocycles. The van der Waals surface area contributed by atoms with Gasteiger partial charge >= 0.3 is 11.9 Å². The minimum atomic E-state index is -1.04. The molecule has 0 spiro atoms. The van der Waals surface area contributed by atoms with E-state index < -0.39 is 11.9 Å². The van der Waals surface area contributed by atoms with E-state index in [9.17, 15) is 9.59 Å². The molecule has 0 radical (unpaired) electrons. The van der Waals surface area contributed by atoms with Gasteiger partial charge in [0.15, 0.2) is 0 Å². The van der Waals surface area contributed by atoms with Crippen LogP contribution in [0.3, 0.4) is 0 Å². The molecule has 6 nitrogen and oxygen atoms in total. The number of carboxylic acids is 2. The van der Waals surface area contributed by atoms with Crippen LogP contribution >= 0.6 is 0 Å². The fourth-order valence-electron chi connectivity index (χ4n) is 1.41. The Morgan fingerprint density at radius 2 is 2.12 bits per heavy atom. The summed E-state index contributed by atoms with van der Waals surface area (Å²) in [5.74, 6) is -2.01. The van der Waals surface area contributed by atoms with Gasteiger partial charge in [-0.05, 0) is 12.1 Å². The maximum Gasteiger partial charge on any atom is 0.335 e. The number of nitrogens with zero attached hydrogens (tertiary/aromatic N) is 2. The van der Waals surface area contributed by atoms with Crippen LogP contribution in [0.2, 0.25) is 0 Å². The Bertz CT molecular complexity index is 573. The molecule has 0 amide bonds. The molecule has 2 rings (SSSR count). The minimum absolute atomic E-state index is 0.125. The van der Waals surface area contributed by atoms with Crippen molar-refractivity contribution in [2.24, 2.45) is 0 Å². The highest BCUT2D eigenvalue weighted by Gasteiger charge is 2.08. The number of carbonyl (C=O) groups is 2. The third kappa shape index (κ3) is 1.85. The first kappa shape index (κ1) is 10.2. The van der Waals surface area contributed by atoms with Gasteiger partial charge < -0.3 is 14.6 Å². The van der Waals surface area contributed by atoms with E-state index in [1.54, 1.807) is 10.6 Å². The molecular formula is C10H8N2O4. The van der Waals surface area contributed by atoms with Crippen molar-refractivity contribution in [3.05, 3.63) is 35.8 Å². The Labute approximate surface area is 89.8 Å². The largest absolute Gasteiger partial charge is 0.481 e. The van der Waals surface area contributed by atoms with E-state index in [2.05, 4.69) is 4.98 Å². The second-order valence-electron chi connectivity index (χ2n) is 3.29. The monoisotopic (exact) mass is 220 g/mol. The van der Waals surface area contributed by atoms with Crippen LogP contribution in [0.4, 0.5) is 0 Å². The summed E-state index contributed by atoms with van der Waals surface area (Å²) in [6.45, 7) is 0. The predicted octanol–water partition coefficient (Wildman–Crippen LogP) is 0.660. The maximum atomic E-state index is 10.7. The lowest BCUT2D eigenvalue weighted by molar-refractivity contribution is -0.136. The van der Waals surface area contributed by atoms with E-state index in [4.69, 9.17) is 10.2 Å². The topological polar surface area (TPSA) is 91.9 Å². The zero-order valence-corrected chi connectivity index (χ0v) is 8.12. The zero-order chi connectivity index (χ0) is 11.7. The number of aliphatic carboxylic acids is 1. The third-order valence-electron chi connectivity index (χ3n) is 2.09. The van der Waals surface area contributed by atoms with Crippen molar-refractivity contribution in [3.63, 3.8) is 0 Å². The van der Waals surface area contributed by atoms with Crippen LogP contribution in [0.1, 0.15) is 16.1 Å². The van der Waals surface area contributed by atoms with Gasteiger partial charge in [-0.1, -0.05) is 0 Å². The van der Waals surface area contributed by atoms with Gasteiger partial charge in [-0.2, -0.15) is 0 Å². The van der Waals surface area contributed by atoms with Gasteiger partial charge in [0, 0.05) is 12.4 Å². The van der Waals surface area contributed by atoms with Crippen LogP contribution in [0.25, 0.3) is 5.65 Å². The van der Waals surface area contributed by atoms with E-state index >= 15 is 0 Å². The Morgan fingerprint density at radius 3 is 2.75 bits per heavy atom. The molecule has 0 aromatic carbocycles. The lowest BCUT2D eigenvalue weighted by Gasteiger charge is -1.94. The predicted molar refractivity (Wildman–Crippen MR) is 53.5 cm³/mol. The quantitative estimate of drug-likeness (QED) is 0.792. The van der Waals surface area contributed by atoms with E-state index in [0.717, 1.165) is 0 Å². The number of imidazole rings is 1. The average molecular weight is 220 g/mol. The van der Waals surface area contributed by atoms with Crippen molar-refractivity contribution in [3.8, 4) is 0 Å². The summed E-state index contributed by atoms with van der Waals surface area (Å²) >= 11 is 0. The Hall–Kier alpha value is -2.37. The number of hydrogen-bond acceptors (Lipinski definition) is 3. The van der Waals surface area contributed by atoms with Gasteiger partial charge in [-0.3, -0.25) is 4.79 Å². The SMILES string of the molecule is O=C(O)Cc1cn2ccc(C(=O)O)cc2n1. The van der Waals surface area contributed by atoms with E-state index in [1.165, 1.54) is 18.3 Å². The molecule has 0 aliphatic rings. The second-order valence-corrected chi connectivity index (χ2v) is 3.29. The van der Waals surface area contributed by atoms with Gasteiger partial charge in [-0.15, -0.1) is 0 Å². The summed E-state index contributed by atoms with van der Waals surface area (Å²) in [5, 5.41) is 17.4. The summed E-state index contributed by atoms with van der Waals surface area (Å²) < 4.78 is 1.59. The molecule has 0 bridgehead atoms. The van der Waals surface area contributed by atoms with Gasteiger partial charge in [0.25, 0.3) is 0 Å². The smallest absolute Gasteiger partial charge is 0.335 e. The van der Waals surface area contributed by atoms with Crippen LogP contribution in [0.5, 0.6) is 0 Å². The van der Waals surface area contributed by atoms with E-state index in [0.29, 0.717) is 11.3 Å². The highest BCUT2D eigenvalue weighted by Crippen LogP contribution is 2.09. The number of hydrogen-bond donors (Lipinski definition) is 2. The van der Waals surface area contributed by atoms with E-state index in [-0.39, 0.29) is 12.0 Å². The molecular weight excluding hydrogens is 212 g/mol. The van der Waals surface area contributed by atoms with Crippen molar-refractivity contribution in [1.82, 2.24) is 9.38 Å². The van der Waals surface area contributed by atoms with Crippen LogP contribution < -0.4 is 0 Å². The van der Waals surface area contributed by atoms with Gasteiger partial charge in [0.2, 0.25) is 0 Å². The molecule has 0 fully saturated rings. The number of rotatable bonds is 3. The fourth-order valence-corrected chi connectivity index (χ4v) is 1.41. The number of aromatic nitrogens is 2. The van der Waals surface area contributed by atoms with Crippen molar-refractivity contribution >= 4 is 17.6 Å². The van der Waals surface area contributed by atoms with Crippen molar-refractivity contribution in [1.29, 1.82) is 0 Å². The van der Waals surface area contributed by atoms with Crippen molar-refractivity contribution in [2.75, 3.05) is 0 Å². The van der Waals surface area contributed by atoms with Crippen molar-refractivity contribution < 1.29 is 19.8 Å². The first-order valence-corrected chi connectivity index (χ1v) is 4.49. The first-order valence-electron chi connectivity index (χ1n) is 4.49. The Balaban J connectivity index is 2.45. The first-order chi connectivity index (χ1) is 7.56. The molecule has 82 valence electrons. The zero-order valence-electron chi connectivity index (χ0n) is 8.12. The average Bonchev–Trinajstić information content (AvgIpc) is 2.56. The van der Waals surface area contributed by atoms with Gasteiger partial charge in [-0.25, -0.2) is 9.78 Å². The number of pyridine rings is 1. The summed E-state index contributed by atoms with van der Waals surface area (Å²) in [7, 11) is 0. The van der Waals surface area contributed by atoms with Crippen LogP contribution in [-0.4, -0.2) is 31.5 Å². The second kappa shape index (κ2) is 3.65. The van der Waals surface area contributed by atoms with Crippen LogP contribution in [0.15, 0.2) is 24.5 Å². The molecule has 0 atom stereocenters. The molecule has 2 aromatic rings. The summed E-state index contributed by atoms with van der Waals surface area (Å²) in [6, 6.07) is 2.83. The molecule has 16 heavy (non-hydrogen) atoms. The van der Waals surface area contributed by atoms with Gasteiger partial charge in [0.05, 0.1) is 17.7 Å². The minimum Gasteiger partial charge on any atom is -0.481 e. The summed E-state index contributed by atoms with van der Waals surface area (Å²) in [4.78, 5) is 25.2.